The molecule has 0 saturated carbocycles. The number of ether oxygens (including phenoxy) is 3. The third kappa shape index (κ3) is 6.86. The van der Waals surface area contributed by atoms with Gasteiger partial charge in [0.1, 0.15) is 11.5 Å². The van der Waals surface area contributed by atoms with Gasteiger partial charge in [-0.2, -0.15) is 0 Å². The predicted octanol–water partition coefficient (Wildman–Crippen LogP) is 6.84. The Kier molecular flexibility index (Phi) is 8.80. The van der Waals surface area contributed by atoms with Gasteiger partial charge in [-0.3, -0.25) is 0 Å². The summed E-state index contributed by atoms with van der Waals surface area (Å²) < 4.78 is 16.2. The molecule has 1 heterocycles. The van der Waals surface area contributed by atoms with Gasteiger partial charge in [-0.15, -0.1) is 0 Å². The van der Waals surface area contributed by atoms with Gasteiger partial charge in [0.2, 0.25) is 0 Å². The fourth-order valence-corrected chi connectivity index (χ4v) is 4.54. The van der Waals surface area contributed by atoms with Crippen LogP contribution in [0.1, 0.15) is 82.8 Å². The van der Waals surface area contributed by atoms with Crippen molar-refractivity contribution in [2.45, 2.75) is 84.2 Å². The van der Waals surface area contributed by atoms with E-state index in [2.05, 4.69) is 26.5 Å². The molecule has 5 heteroatoms. The van der Waals surface area contributed by atoms with Crippen molar-refractivity contribution in [3.05, 3.63) is 47.1 Å². The highest BCUT2D eigenvalue weighted by Crippen LogP contribution is 2.47. The van der Waals surface area contributed by atoms with Crippen LogP contribution < -0.4 is 4.74 Å². The van der Waals surface area contributed by atoms with E-state index >= 15 is 0 Å². The summed E-state index contributed by atoms with van der Waals surface area (Å²) in [4.78, 5) is 12.5. The molecule has 176 valence electrons. The second-order valence-corrected chi connectivity index (χ2v) is 9.31. The minimum atomic E-state index is -0.726. The number of carbonyl (C=O) groups excluding carboxylic acids is 1. The van der Waals surface area contributed by atoms with Crippen LogP contribution in [0.3, 0.4) is 0 Å². The van der Waals surface area contributed by atoms with Gasteiger partial charge in [0.05, 0.1) is 19.3 Å². The van der Waals surface area contributed by atoms with Gasteiger partial charge in [0.25, 0.3) is 0 Å². The van der Waals surface area contributed by atoms with Gasteiger partial charge in [0, 0.05) is 11.5 Å². The predicted molar refractivity (Wildman–Crippen MR) is 126 cm³/mol. The van der Waals surface area contributed by atoms with Crippen molar-refractivity contribution in [2.24, 2.45) is 5.92 Å². The van der Waals surface area contributed by atoms with E-state index in [0.717, 1.165) is 69.1 Å². The standard InChI is InChI=1S/C27H38O5/c1-5-6-7-9-20-15-24(28)26(23-14-19(4)11-12-22(23)18(2)3)25(16-20)32-27(29)30-13-8-10-21-17-31-21/h14-16,21-23,28H,2,5-13,17H2,1,3-4H3/t21?,22-,23+/m0/s1. The van der Waals surface area contributed by atoms with Gasteiger partial charge >= 0.3 is 6.16 Å². The van der Waals surface area contributed by atoms with Crippen LogP contribution in [0.5, 0.6) is 11.5 Å². The molecule has 0 spiro atoms. The largest absolute Gasteiger partial charge is 0.513 e. The molecule has 0 aromatic heterocycles. The van der Waals surface area contributed by atoms with Gasteiger partial charge < -0.3 is 19.3 Å². The first-order chi connectivity index (χ1) is 15.4. The van der Waals surface area contributed by atoms with Crippen LogP contribution in [0.2, 0.25) is 0 Å². The third-order valence-electron chi connectivity index (χ3n) is 6.45. The lowest BCUT2D eigenvalue weighted by Gasteiger charge is -2.32. The maximum atomic E-state index is 12.5. The van der Waals surface area contributed by atoms with E-state index in [1.807, 2.05) is 19.1 Å². The first-order valence-corrected chi connectivity index (χ1v) is 12.0. The zero-order valence-electron chi connectivity index (χ0n) is 19.8. The summed E-state index contributed by atoms with van der Waals surface area (Å²) in [5.74, 6) is 0.678. The molecule has 1 fully saturated rings. The summed E-state index contributed by atoms with van der Waals surface area (Å²) in [7, 11) is 0. The Bertz CT molecular complexity index is 837. The second-order valence-electron chi connectivity index (χ2n) is 9.31. The molecule has 1 aliphatic carbocycles. The number of epoxide rings is 1. The van der Waals surface area contributed by atoms with Gasteiger partial charge in [-0.25, -0.2) is 4.79 Å². The number of aryl methyl sites for hydroxylation is 1. The Hall–Kier alpha value is -2.27. The smallest absolute Gasteiger partial charge is 0.507 e. The van der Waals surface area contributed by atoms with Crippen molar-refractivity contribution >= 4 is 6.16 Å². The first-order valence-electron chi connectivity index (χ1n) is 12.0. The number of carbonyl (C=O) groups is 1. The SMILES string of the molecule is C=C(C)[C@@H]1CCC(C)=C[C@H]1c1c(O)cc(CCCCC)cc1OC(=O)OCCCC1CO1. The number of allylic oxidation sites excluding steroid dienone is 3. The third-order valence-corrected chi connectivity index (χ3v) is 6.45. The Morgan fingerprint density at radius 2 is 2.06 bits per heavy atom. The van der Waals surface area contributed by atoms with E-state index < -0.39 is 6.16 Å². The fourth-order valence-electron chi connectivity index (χ4n) is 4.54. The molecule has 32 heavy (non-hydrogen) atoms. The summed E-state index contributed by atoms with van der Waals surface area (Å²) in [6.45, 7) is 11.6. The Morgan fingerprint density at radius 3 is 2.75 bits per heavy atom. The molecule has 1 N–H and O–H groups in total. The highest BCUT2D eigenvalue weighted by atomic mass is 16.7. The zero-order chi connectivity index (χ0) is 23.1. The molecule has 1 aliphatic heterocycles. The fraction of sp³-hybridized carbons (Fsp3) is 0.593. The van der Waals surface area contributed by atoms with E-state index in [0.29, 0.717) is 24.0 Å². The molecule has 0 radical (unpaired) electrons. The molecule has 5 nitrogen and oxygen atoms in total. The summed E-state index contributed by atoms with van der Waals surface area (Å²) in [5, 5.41) is 11.1. The normalized spacial score (nSPS) is 22.2. The van der Waals surface area contributed by atoms with Gasteiger partial charge in [-0.05, 0) is 76.0 Å². The molecule has 3 rings (SSSR count). The van der Waals surface area contributed by atoms with Crippen molar-refractivity contribution in [3.8, 4) is 11.5 Å². The lowest BCUT2D eigenvalue weighted by atomic mass is 9.73. The maximum Gasteiger partial charge on any atom is 0.513 e. The van der Waals surface area contributed by atoms with Crippen LogP contribution in [0.15, 0.2) is 35.9 Å². The van der Waals surface area contributed by atoms with Crippen LogP contribution >= 0.6 is 0 Å². The molecular formula is C27H38O5. The van der Waals surface area contributed by atoms with E-state index in [4.69, 9.17) is 14.2 Å². The summed E-state index contributed by atoms with van der Waals surface area (Å²) in [6, 6.07) is 3.73. The van der Waals surface area contributed by atoms with Crippen LogP contribution in [-0.4, -0.2) is 30.6 Å². The topological polar surface area (TPSA) is 68.3 Å². The molecule has 1 aromatic rings. The Morgan fingerprint density at radius 1 is 1.28 bits per heavy atom. The minimum Gasteiger partial charge on any atom is -0.507 e. The average Bonchev–Trinajstić information content (AvgIpc) is 3.55. The zero-order valence-corrected chi connectivity index (χ0v) is 19.8. The van der Waals surface area contributed by atoms with Crippen LogP contribution in [0.25, 0.3) is 0 Å². The molecule has 0 bridgehead atoms. The number of benzene rings is 1. The molecule has 3 atom stereocenters. The number of rotatable bonds is 11. The minimum absolute atomic E-state index is 0.0826. The summed E-state index contributed by atoms with van der Waals surface area (Å²) >= 11 is 0. The second kappa shape index (κ2) is 11.6. The van der Waals surface area contributed by atoms with E-state index in [1.165, 1.54) is 5.57 Å². The van der Waals surface area contributed by atoms with Crippen LogP contribution in [-0.2, 0) is 15.9 Å². The van der Waals surface area contributed by atoms with E-state index in [9.17, 15) is 9.90 Å². The highest BCUT2D eigenvalue weighted by Gasteiger charge is 2.31. The lowest BCUT2D eigenvalue weighted by Crippen LogP contribution is -2.19. The van der Waals surface area contributed by atoms with Crippen molar-refractivity contribution in [1.29, 1.82) is 0 Å². The van der Waals surface area contributed by atoms with Crippen LogP contribution in [0, 0.1) is 5.92 Å². The quantitative estimate of drug-likeness (QED) is 0.134. The van der Waals surface area contributed by atoms with Gasteiger partial charge in [0.15, 0.2) is 0 Å². The van der Waals surface area contributed by atoms with Crippen LogP contribution in [0.4, 0.5) is 4.79 Å². The molecule has 1 unspecified atom stereocenters. The molecule has 0 amide bonds. The number of hydrogen-bond acceptors (Lipinski definition) is 5. The summed E-state index contributed by atoms with van der Waals surface area (Å²) in [6.07, 6.45) is 9.48. The Balaban J connectivity index is 1.83. The summed E-state index contributed by atoms with van der Waals surface area (Å²) in [5.41, 5.74) is 3.96. The van der Waals surface area contributed by atoms with Crippen molar-refractivity contribution < 1.29 is 24.1 Å². The molecule has 1 aromatic carbocycles. The van der Waals surface area contributed by atoms with Crippen molar-refractivity contribution in [2.75, 3.05) is 13.2 Å². The molecular weight excluding hydrogens is 404 g/mol. The average molecular weight is 443 g/mol. The van der Waals surface area contributed by atoms with E-state index in [-0.39, 0.29) is 17.6 Å². The first kappa shape index (κ1) is 24.4. The molecule has 1 saturated heterocycles. The maximum absolute atomic E-state index is 12.5. The Labute approximate surface area is 192 Å². The van der Waals surface area contributed by atoms with Crippen molar-refractivity contribution in [1.82, 2.24) is 0 Å². The van der Waals surface area contributed by atoms with E-state index in [1.54, 1.807) is 0 Å². The number of hydrogen-bond donors (Lipinski definition) is 1. The van der Waals surface area contributed by atoms with Crippen molar-refractivity contribution in [3.63, 3.8) is 0 Å². The number of aromatic hydroxyl groups is 1. The number of unbranched alkanes of at least 4 members (excludes halogenated alkanes) is 2. The number of phenolic OH excluding ortho intramolecular Hbond substituents is 1. The lowest BCUT2D eigenvalue weighted by molar-refractivity contribution is 0.0961. The highest BCUT2D eigenvalue weighted by molar-refractivity contribution is 5.66. The van der Waals surface area contributed by atoms with Gasteiger partial charge in [-0.1, -0.05) is 43.6 Å². The number of phenols is 1. The monoisotopic (exact) mass is 442 g/mol. The molecule has 2 aliphatic rings.